The molecule has 0 bridgehead atoms. The van der Waals surface area contributed by atoms with Crippen LogP contribution in [0.2, 0.25) is 0 Å². The molecule has 7 nitrogen and oxygen atoms in total. The van der Waals surface area contributed by atoms with Crippen molar-refractivity contribution in [1.29, 1.82) is 0 Å². The summed E-state index contributed by atoms with van der Waals surface area (Å²) in [5.74, 6) is 2.70. The van der Waals surface area contributed by atoms with Gasteiger partial charge in [0.25, 0.3) is 0 Å². The summed E-state index contributed by atoms with van der Waals surface area (Å²) in [7, 11) is 4.86. The van der Waals surface area contributed by atoms with Gasteiger partial charge < -0.3 is 24.5 Å². The molecular formula is C19H18N4O3. The van der Waals surface area contributed by atoms with E-state index in [9.17, 15) is 0 Å². The molecule has 0 fully saturated rings. The molecule has 7 heteroatoms. The molecule has 0 aliphatic heterocycles. The monoisotopic (exact) mass is 350 g/mol. The van der Waals surface area contributed by atoms with Crippen molar-refractivity contribution < 1.29 is 14.2 Å². The van der Waals surface area contributed by atoms with Gasteiger partial charge in [-0.15, -0.1) is 0 Å². The molecule has 4 rings (SSSR count). The highest BCUT2D eigenvalue weighted by Crippen LogP contribution is 2.37. The third-order valence-electron chi connectivity index (χ3n) is 4.25. The van der Waals surface area contributed by atoms with Gasteiger partial charge in [0.15, 0.2) is 17.3 Å². The zero-order valence-electron chi connectivity index (χ0n) is 14.7. The van der Waals surface area contributed by atoms with Crippen LogP contribution < -0.4 is 19.5 Å². The lowest BCUT2D eigenvalue weighted by atomic mass is 10.2. The predicted molar refractivity (Wildman–Crippen MR) is 101 cm³/mol. The third kappa shape index (κ3) is 2.54. The number of anilines is 2. The number of fused-ring (bicyclic) bond motifs is 3. The SMILES string of the molecule is COc1ccccc1Nc1ncnc2c1[nH]c1cc(OC)c(OC)cc12. The molecule has 0 saturated carbocycles. The average molecular weight is 350 g/mol. The van der Waals surface area contributed by atoms with Gasteiger partial charge in [0, 0.05) is 11.5 Å². The van der Waals surface area contributed by atoms with Gasteiger partial charge in [-0.2, -0.15) is 0 Å². The first-order valence-corrected chi connectivity index (χ1v) is 8.03. The zero-order valence-corrected chi connectivity index (χ0v) is 14.7. The number of para-hydroxylation sites is 2. The number of hydrogen-bond acceptors (Lipinski definition) is 6. The molecule has 0 aliphatic carbocycles. The number of nitrogens with zero attached hydrogens (tertiary/aromatic N) is 2. The van der Waals surface area contributed by atoms with Crippen LogP contribution in [0.5, 0.6) is 17.2 Å². The minimum atomic E-state index is 0.652. The minimum Gasteiger partial charge on any atom is -0.495 e. The summed E-state index contributed by atoms with van der Waals surface area (Å²) in [6.07, 6.45) is 1.53. The molecular weight excluding hydrogens is 332 g/mol. The molecule has 2 heterocycles. The Balaban J connectivity index is 1.89. The Morgan fingerprint density at radius 1 is 0.885 bits per heavy atom. The fourth-order valence-electron chi connectivity index (χ4n) is 2.99. The predicted octanol–water partition coefficient (Wildman–Crippen LogP) is 3.88. The number of ether oxygens (including phenoxy) is 3. The molecule has 0 aliphatic rings. The first kappa shape index (κ1) is 16.0. The van der Waals surface area contributed by atoms with E-state index in [4.69, 9.17) is 14.2 Å². The minimum absolute atomic E-state index is 0.652. The third-order valence-corrected chi connectivity index (χ3v) is 4.25. The van der Waals surface area contributed by atoms with E-state index in [1.165, 1.54) is 6.33 Å². The van der Waals surface area contributed by atoms with Crippen LogP contribution in [-0.4, -0.2) is 36.3 Å². The normalized spacial score (nSPS) is 10.9. The number of benzene rings is 2. The summed E-state index contributed by atoms with van der Waals surface area (Å²) in [5, 5.41) is 4.25. The Morgan fingerprint density at radius 2 is 1.62 bits per heavy atom. The van der Waals surface area contributed by atoms with Gasteiger partial charge in [-0.25, -0.2) is 9.97 Å². The van der Waals surface area contributed by atoms with E-state index in [0.717, 1.165) is 33.4 Å². The molecule has 26 heavy (non-hydrogen) atoms. The maximum Gasteiger partial charge on any atom is 0.162 e. The summed E-state index contributed by atoms with van der Waals surface area (Å²) < 4.78 is 16.2. The van der Waals surface area contributed by atoms with Gasteiger partial charge >= 0.3 is 0 Å². The first-order valence-electron chi connectivity index (χ1n) is 8.03. The van der Waals surface area contributed by atoms with E-state index in [0.29, 0.717) is 17.3 Å². The highest BCUT2D eigenvalue weighted by Gasteiger charge is 2.15. The summed E-state index contributed by atoms with van der Waals surface area (Å²) in [6.45, 7) is 0. The average Bonchev–Trinajstić information content (AvgIpc) is 3.05. The lowest BCUT2D eigenvalue weighted by molar-refractivity contribution is 0.356. The van der Waals surface area contributed by atoms with Gasteiger partial charge in [-0.3, -0.25) is 0 Å². The van der Waals surface area contributed by atoms with Crippen LogP contribution in [0.15, 0.2) is 42.7 Å². The number of H-pyrrole nitrogens is 1. The van der Waals surface area contributed by atoms with Gasteiger partial charge in [-0.1, -0.05) is 12.1 Å². The second kappa shape index (κ2) is 6.44. The van der Waals surface area contributed by atoms with Crippen LogP contribution in [0.4, 0.5) is 11.5 Å². The summed E-state index contributed by atoms with van der Waals surface area (Å²) in [6, 6.07) is 11.5. The largest absolute Gasteiger partial charge is 0.495 e. The van der Waals surface area contributed by atoms with Crippen LogP contribution in [-0.2, 0) is 0 Å². The highest BCUT2D eigenvalue weighted by molar-refractivity contribution is 6.09. The van der Waals surface area contributed by atoms with Crippen molar-refractivity contribution in [2.75, 3.05) is 26.6 Å². The summed E-state index contributed by atoms with van der Waals surface area (Å²) in [5.41, 5.74) is 3.31. The maximum atomic E-state index is 5.40. The molecule has 132 valence electrons. The number of hydrogen-bond donors (Lipinski definition) is 2. The second-order valence-corrected chi connectivity index (χ2v) is 5.65. The second-order valence-electron chi connectivity index (χ2n) is 5.65. The Morgan fingerprint density at radius 3 is 2.38 bits per heavy atom. The fourth-order valence-corrected chi connectivity index (χ4v) is 2.99. The van der Waals surface area contributed by atoms with Crippen molar-refractivity contribution in [3.05, 3.63) is 42.7 Å². The molecule has 2 N–H and O–H groups in total. The first-order chi connectivity index (χ1) is 12.7. The van der Waals surface area contributed by atoms with Crippen molar-refractivity contribution in [2.24, 2.45) is 0 Å². The molecule has 0 spiro atoms. The van der Waals surface area contributed by atoms with E-state index in [2.05, 4.69) is 20.3 Å². The number of aromatic nitrogens is 3. The van der Waals surface area contributed by atoms with Crippen LogP contribution in [0.3, 0.4) is 0 Å². The molecule has 0 amide bonds. The van der Waals surface area contributed by atoms with Crippen LogP contribution in [0.1, 0.15) is 0 Å². The van der Waals surface area contributed by atoms with E-state index in [1.807, 2.05) is 36.4 Å². The number of aromatic amines is 1. The van der Waals surface area contributed by atoms with E-state index in [1.54, 1.807) is 21.3 Å². The Kier molecular flexibility index (Phi) is 3.96. The standard InChI is InChI=1S/C19H18N4O3/c1-24-14-7-5-4-6-12(14)23-19-18-17(20-10-21-19)11-8-15(25-2)16(26-3)9-13(11)22-18/h4-10,22H,1-3H3,(H,20,21,23). The topological polar surface area (TPSA) is 81.3 Å². The van der Waals surface area contributed by atoms with E-state index >= 15 is 0 Å². The van der Waals surface area contributed by atoms with E-state index < -0.39 is 0 Å². The number of methoxy groups -OCH3 is 3. The van der Waals surface area contributed by atoms with Gasteiger partial charge in [0.05, 0.1) is 32.5 Å². The lowest BCUT2D eigenvalue weighted by Gasteiger charge is -2.10. The summed E-state index contributed by atoms with van der Waals surface area (Å²) >= 11 is 0. The molecule has 0 unspecified atom stereocenters. The molecule has 0 atom stereocenters. The van der Waals surface area contributed by atoms with Gasteiger partial charge in [0.2, 0.25) is 0 Å². The Bertz CT molecular complexity index is 1090. The maximum absolute atomic E-state index is 5.40. The Labute approximate surface area is 149 Å². The Hall–Kier alpha value is -3.48. The zero-order chi connectivity index (χ0) is 18.1. The van der Waals surface area contributed by atoms with Gasteiger partial charge in [0.1, 0.15) is 23.1 Å². The number of nitrogens with one attached hydrogen (secondary N) is 2. The van der Waals surface area contributed by atoms with Crippen LogP contribution in [0, 0.1) is 0 Å². The lowest BCUT2D eigenvalue weighted by Crippen LogP contribution is -1.97. The molecule has 2 aromatic carbocycles. The summed E-state index contributed by atoms with van der Waals surface area (Å²) in [4.78, 5) is 12.2. The van der Waals surface area contributed by atoms with Crippen molar-refractivity contribution in [1.82, 2.24) is 15.0 Å². The van der Waals surface area contributed by atoms with Crippen molar-refractivity contribution in [2.45, 2.75) is 0 Å². The smallest absolute Gasteiger partial charge is 0.162 e. The number of rotatable bonds is 5. The van der Waals surface area contributed by atoms with Gasteiger partial charge in [-0.05, 0) is 18.2 Å². The van der Waals surface area contributed by atoms with Crippen molar-refractivity contribution >= 4 is 33.4 Å². The molecule has 4 aromatic rings. The fraction of sp³-hybridized carbons (Fsp3) is 0.158. The van der Waals surface area contributed by atoms with Crippen LogP contribution in [0.25, 0.3) is 21.9 Å². The highest BCUT2D eigenvalue weighted by atomic mass is 16.5. The molecule has 2 aromatic heterocycles. The van der Waals surface area contributed by atoms with Crippen molar-refractivity contribution in [3.8, 4) is 17.2 Å². The van der Waals surface area contributed by atoms with Crippen molar-refractivity contribution in [3.63, 3.8) is 0 Å². The van der Waals surface area contributed by atoms with E-state index in [-0.39, 0.29) is 0 Å². The molecule has 0 radical (unpaired) electrons. The van der Waals surface area contributed by atoms with Crippen LogP contribution >= 0.6 is 0 Å². The molecule has 0 saturated heterocycles. The quantitative estimate of drug-likeness (QED) is 0.568.